The van der Waals surface area contributed by atoms with Crippen LogP contribution in [0, 0.1) is 5.82 Å². The van der Waals surface area contributed by atoms with Gasteiger partial charge in [0.05, 0.1) is 11.0 Å². The molecule has 0 fully saturated rings. The minimum Gasteiger partial charge on any atom is -0.338 e. The molecule has 3 aromatic rings. The van der Waals surface area contributed by atoms with E-state index in [2.05, 4.69) is 21.9 Å². The van der Waals surface area contributed by atoms with E-state index in [0.29, 0.717) is 29.7 Å². The molecular formula is C18H16FN3O. The highest BCUT2D eigenvalue weighted by molar-refractivity contribution is 5.91. The van der Waals surface area contributed by atoms with Crippen molar-refractivity contribution >= 4 is 22.6 Å². The number of aromatic nitrogens is 2. The molecule has 116 valence electrons. The first-order chi connectivity index (χ1) is 11.2. The summed E-state index contributed by atoms with van der Waals surface area (Å²) in [6, 6.07) is 11.8. The Morgan fingerprint density at radius 1 is 1.26 bits per heavy atom. The van der Waals surface area contributed by atoms with Crippen molar-refractivity contribution < 1.29 is 9.18 Å². The molecule has 0 unspecified atom stereocenters. The first-order valence-electron chi connectivity index (χ1n) is 7.32. The Bertz CT molecular complexity index is 852. The smallest absolute Gasteiger partial charge is 0.224 e. The van der Waals surface area contributed by atoms with E-state index in [1.807, 2.05) is 24.3 Å². The number of H-pyrrole nitrogens is 1. The quantitative estimate of drug-likeness (QED) is 0.691. The molecule has 0 aliphatic carbocycles. The largest absolute Gasteiger partial charge is 0.338 e. The predicted octanol–water partition coefficient (Wildman–Crippen LogP) is 4.27. The van der Waals surface area contributed by atoms with Crippen molar-refractivity contribution in [2.45, 2.75) is 12.8 Å². The van der Waals surface area contributed by atoms with Crippen LogP contribution in [0.1, 0.15) is 12.8 Å². The first-order valence-corrected chi connectivity index (χ1v) is 7.32. The summed E-state index contributed by atoms with van der Waals surface area (Å²) in [4.78, 5) is 19.2. The van der Waals surface area contributed by atoms with Crippen LogP contribution in [0.2, 0.25) is 0 Å². The van der Waals surface area contributed by atoms with E-state index in [4.69, 9.17) is 0 Å². The highest BCUT2D eigenvalue weighted by Crippen LogP contribution is 2.22. The highest BCUT2D eigenvalue weighted by atomic mass is 19.1. The fraction of sp³-hybridized carbons (Fsp3) is 0.111. The molecule has 5 heteroatoms. The van der Waals surface area contributed by atoms with E-state index in [9.17, 15) is 9.18 Å². The van der Waals surface area contributed by atoms with Gasteiger partial charge in [0.25, 0.3) is 0 Å². The molecule has 2 N–H and O–H groups in total. The van der Waals surface area contributed by atoms with Crippen molar-refractivity contribution in [1.29, 1.82) is 0 Å². The topological polar surface area (TPSA) is 57.8 Å². The van der Waals surface area contributed by atoms with Crippen LogP contribution in [0.3, 0.4) is 0 Å². The molecule has 0 saturated heterocycles. The number of nitrogens with one attached hydrogen (secondary N) is 2. The number of hydrogen-bond acceptors (Lipinski definition) is 2. The van der Waals surface area contributed by atoms with Crippen molar-refractivity contribution in [1.82, 2.24) is 9.97 Å². The van der Waals surface area contributed by atoms with Gasteiger partial charge in [-0.1, -0.05) is 6.08 Å². The van der Waals surface area contributed by atoms with E-state index in [1.165, 1.54) is 12.1 Å². The van der Waals surface area contributed by atoms with E-state index < -0.39 is 0 Å². The molecule has 0 bridgehead atoms. The lowest BCUT2D eigenvalue weighted by atomic mass is 10.2. The summed E-state index contributed by atoms with van der Waals surface area (Å²) in [6.07, 6.45) is 2.78. The number of nitrogens with zero attached hydrogens (tertiary/aromatic N) is 1. The Kier molecular flexibility index (Phi) is 4.19. The van der Waals surface area contributed by atoms with Gasteiger partial charge >= 0.3 is 0 Å². The molecule has 1 amide bonds. The standard InChI is InChI=1S/C18H16FN3O/c1-2-3-4-17(23)20-14-8-5-12(6-9-14)18-21-15-10-7-13(19)11-16(15)22-18/h2,5-11H,1,3-4H2,(H,20,23)(H,21,22). The van der Waals surface area contributed by atoms with Gasteiger partial charge in [0, 0.05) is 17.7 Å². The van der Waals surface area contributed by atoms with Gasteiger partial charge in [-0.15, -0.1) is 6.58 Å². The molecule has 3 rings (SSSR count). The van der Waals surface area contributed by atoms with Gasteiger partial charge in [0.15, 0.2) is 0 Å². The Morgan fingerprint density at radius 3 is 2.78 bits per heavy atom. The molecule has 0 aliphatic heterocycles. The number of carbonyl (C=O) groups excluding carboxylic acids is 1. The van der Waals surface area contributed by atoms with Crippen LogP contribution >= 0.6 is 0 Å². The molecule has 2 aromatic carbocycles. The minimum absolute atomic E-state index is 0.0446. The van der Waals surface area contributed by atoms with Crippen LogP contribution in [-0.4, -0.2) is 15.9 Å². The maximum absolute atomic E-state index is 13.2. The molecule has 4 nitrogen and oxygen atoms in total. The Morgan fingerprint density at radius 2 is 2.04 bits per heavy atom. The number of imidazole rings is 1. The lowest BCUT2D eigenvalue weighted by molar-refractivity contribution is -0.116. The number of carbonyl (C=O) groups is 1. The second-order valence-corrected chi connectivity index (χ2v) is 5.20. The highest BCUT2D eigenvalue weighted by Gasteiger charge is 2.07. The normalized spacial score (nSPS) is 10.7. The van der Waals surface area contributed by atoms with Gasteiger partial charge < -0.3 is 10.3 Å². The lowest BCUT2D eigenvalue weighted by Crippen LogP contribution is -2.10. The van der Waals surface area contributed by atoms with Crippen molar-refractivity contribution in [3.8, 4) is 11.4 Å². The van der Waals surface area contributed by atoms with Crippen molar-refractivity contribution in [3.63, 3.8) is 0 Å². The lowest BCUT2D eigenvalue weighted by Gasteiger charge is -2.05. The van der Waals surface area contributed by atoms with Gasteiger partial charge in [-0.05, 0) is 48.9 Å². The van der Waals surface area contributed by atoms with Crippen LogP contribution in [0.25, 0.3) is 22.4 Å². The summed E-state index contributed by atoms with van der Waals surface area (Å²) in [5.74, 6) is 0.317. The van der Waals surface area contributed by atoms with Crippen molar-refractivity contribution in [2.75, 3.05) is 5.32 Å². The number of benzene rings is 2. The van der Waals surface area contributed by atoms with E-state index >= 15 is 0 Å². The zero-order chi connectivity index (χ0) is 16.2. The molecule has 1 aromatic heterocycles. The number of hydrogen-bond donors (Lipinski definition) is 2. The SMILES string of the molecule is C=CCCC(=O)Nc1ccc(-c2nc3ccc(F)cc3[nH]2)cc1. The molecule has 0 radical (unpaired) electrons. The maximum atomic E-state index is 13.2. The number of amides is 1. The second-order valence-electron chi connectivity index (χ2n) is 5.20. The number of allylic oxidation sites excluding steroid dienone is 1. The summed E-state index contributed by atoms with van der Waals surface area (Å²) in [5, 5.41) is 2.82. The summed E-state index contributed by atoms with van der Waals surface area (Å²) < 4.78 is 13.2. The van der Waals surface area contributed by atoms with Crippen LogP contribution in [0.4, 0.5) is 10.1 Å². The monoisotopic (exact) mass is 309 g/mol. The zero-order valence-corrected chi connectivity index (χ0v) is 12.5. The summed E-state index contributed by atoms with van der Waals surface area (Å²) in [6.45, 7) is 3.59. The third-order valence-corrected chi connectivity index (χ3v) is 3.46. The molecule has 0 saturated carbocycles. The van der Waals surface area contributed by atoms with E-state index in [0.717, 1.165) is 11.3 Å². The molecule has 0 atom stereocenters. The maximum Gasteiger partial charge on any atom is 0.224 e. The third kappa shape index (κ3) is 3.45. The molecule has 1 heterocycles. The molecule has 0 aliphatic rings. The average molecular weight is 309 g/mol. The Labute approximate surface area is 133 Å². The molecule has 0 spiro atoms. The van der Waals surface area contributed by atoms with Crippen molar-refractivity contribution in [2.24, 2.45) is 0 Å². The van der Waals surface area contributed by atoms with Crippen LogP contribution < -0.4 is 5.32 Å². The fourth-order valence-electron chi connectivity index (χ4n) is 2.29. The number of anilines is 1. The zero-order valence-electron chi connectivity index (χ0n) is 12.5. The van der Waals surface area contributed by atoms with Gasteiger partial charge in [-0.2, -0.15) is 0 Å². The number of halogens is 1. The third-order valence-electron chi connectivity index (χ3n) is 3.46. The average Bonchev–Trinajstić information content (AvgIpc) is 2.96. The molecular weight excluding hydrogens is 293 g/mol. The van der Waals surface area contributed by atoms with Gasteiger partial charge in [-0.25, -0.2) is 9.37 Å². The summed E-state index contributed by atoms with van der Waals surface area (Å²) in [7, 11) is 0. The Balaban J connectivity index is 1.77. The number of rotatable bonds is 5. The predicted molar refractivity (Wildman–Crippen MR) is 89.5 cm³/mol. The van der Waals surface area contributed by atoms with E-state index in [1.54, 1.807) is 12.1 Å². The van der Waals surface area contributed by atoms with Crippen LogP contribution in [0.15, 0.2) is 55.1 Å². The number of fused-ring (bicyclic) bond motifs is 1. The van der Waals surface area contributed by atoms with Crippen LogP contribution in [-0.2, 0) is 4.79 Å². The number of aromatic amines is 1. The van der Waals surface area contributed by atoms with Gasteiger partial charge in [0.2, 0.25) is 5.91 Å². The van der Waals surface area contributed by atoms with Gasteiger partial charge in [0.1, 0.15) is 11.6 Å². The fourth-order valence-corrected chi connectivity index (χ4v) is 2.29. The second kappa shape index (κ2) is 6.44. The summed E-state index contributed by atoms with van der Waals surface area (Å²) in [5.41, 5.74) is 2.96. The van der Waals surface area contributed by atoms with Crippen LogP contribution in [0.5, 0.6) is 0 Å². The minimum atomic E-state index is -0.301. The van der Waals surface area contributed by atoms with E-state index in [-0.39, 0.29) is 11.7 Å². The van der Waals surface area contributed by atoms with Gasteiger partial charge in [-0.3, -0.25) is 4.79 Å². The Hall–Kier alpha value is -2.95. The summed E-state index contributed by atoms with van der Waals surface area (Å²) >= 11 is 0. The van der Waals surface area contributed by atoms with Crippen molar-refractivity contribution in [3.05, 3.63) is 60.9 Å². The first kappa shape index (κ1) is 15.0. The molecule has 23 heavy (non-hydrogen) atoms.